The zero-order valence-electron chi connectivity index (χ0n) is 13.5. The number of nitrogens with zero attached hydrogens (tertiary/aromatic N) is 1. The summed E-state index contributed by atoms with van der Waals surface area (Å²) in [4.78, 5) is 12.5. The monoisotopic (exact) mass is 319 g/mol. The van der Waals surface area contributed by atoms with Gasteiger partial charge in [0.1, 0.15) is 5.41 Å². The highest BCUT2D eigenvalue weighted by Crippen LogP contribution is 2.30. The number of nitrogens with one attached hydrogen (secondary N) is 1. The molecule has 2 atom stereocenters. The maximum absolute atomic E-state index is 12.5. The van der Waals surface area contributed by atoms with Gasteiger partial charge in [0.15, 0.2) is 5.84 Å². The number of amidine groups is 1. The number of carbonyl (C=O) groups excluding carboxylic acids is 1. The summed E-state index contributed by atoms with van der Waals surface area (Å²) in [6.45, 7) is 6.25. The van der Waals surface area contributed by atoms with Crippen molar-refractivity contribution in [3.63, 3.8) is 0 Å². The SMILES string of the molecule is CCCC(CCC)(C(=O)NCCC(C)S(C)=O)C(N)=NO. The first-order chi connectivity index (χ1) is 9.85. The van der Waals surface area contributed by atoms with E-state index in [1.54, 1.807) is 6.26 Å². The van der Waals surface area contributed by atoms with Gasteiger partial charge >= 0.3 is 0 Å². The first-order valence-corrected chi connectivity index (χ1v) is 9.06. The van der Waals surface area contributed by atoms with Gasteiger partial charge in [-0.2, -0.15) is 0 Å². The van der Waals surface area contributed by atoms with Crippen LogP contribution in [-0.2, 0) is 15.6 Å². The van der Waals surface area contributed by atoms with E-state index in [1.807, 2.05) is 20.8 Å². The van der Waals surface area contributed by atoms with Gasteiger partial charge in [-0.25, -0.2) is 0 Å². The van der Waals surface area contributed by atoms with E-state index in [0.29, 0.717) is 25.8 Å². The fourth-order valence-electron chi connectivity index (χ4n) is 2.40. The zero-order valence-corrected chi connectivity index (χ0v) is 14.3. The number of oxime groups is 1. The summed E-state index contributed by atoms with van der Waals surface area (Å²) >= 11 is 0. The third-order valence-corrected chi connectivity index (χ3v) is 5.16. The van der Waals surface area contributed by atoms with E-state index in [4.69, 9.17) is 10.9 Å². The van der Waals surface area contributed by atoms with Crippen molar-refractivity contribution in [2.24, 2.45) is 16.3 Å². The van der Waals surface area contributed by atoms with Gasteiger partial charge in [-0.1, -0.05) is 38.8 Å². The Morgan fingerprint density at radius 2 is 1.90 bits per heavy atom. The van der Waals surface area contributed by atoms with E-state index < -0.39 is 16.2 Å². The molecule has 6 nitrogen and oxygen atoms in total. The van der Waals surface area contributed by atoms with Crippen LogP contribution in [0.25, 0.3) is 0 Å². The number of carbonyl (C=O) groups is 1. The smallest absolute Gasteiger partial charge is 0.233 e. The molecular weight excluding hydrogens is 290 g/mol. The Kier molecular flexibility index (Phi) is 9.24. The number of nitrogens with two attached hydrogens (primary N) is 1. The molecular formula is C14H29N3O3S. The van der Waals surface area contributed by atoms with Crippen LogP contribution in [-0.4, -0.2) is 39.2 Å². The van der Waals surface area contributed by atoms with Crippen LogP contribution in [0.1, 0.15) is 52.9 Å². The molecule has 0 aliphatic carbocycles. The standard InChI is InChI=1S/C14H29N3O3S/c1-5-8-14(9-6-2,12(15)17-19)13(18)16-10-7-11(3)21(4)20/h11,19H,5-10H2,1-4H3,(H2,15,17)(H,16,18). The third kappa shape index (κ3) is 5.65. The molecule has 0 aliphatic heterocycles. The van der Waals surface area contributed by atoms with Crippen molar-refractivity contribution in [3.05, 3.63) is 0 Å². The molecule has 1 amide bonds. The van der Waals surface area contributed by atoms with E-state index in [2.05, 4.69) is 10.5 Å². The third-order valence-electron chi connectivity index (χ3n) is 3.79. The number of hydrogen-bond acceptors (Lipinski definition) is 4. The lowest BCUT2D eigenvalue weighted by atomic mass is 9.77. The summed E-state index contributed by atoms with van der Waals surface area (Å²) < 4.78 is 11.3. The lowest BCUT2D eigenvalue weighted by Crippen LogP contribution is -2.50. The summed E-state index contributed by atoms with van der Waals surface area (Å²) in [5.74, 6) is -0.244. The Morgan fingerprint density at radius 3 is 2.29 bits per heavy atom. The van der Waals surface area contributed by atoms with Crippen molar-refractivity contribution in [1.29, 1.82) is 0 Å². The fourth-order valence-corrected chi connectivity index (χ4v) is 2.85. The second kappa shape index (κ2) is 9.76. The normalized spacial score (nSPS) is 15.5. The zero-order chi connectivity index (χ0) is 16.5. The molecule has 0 heterocycles. The van der Waals surface area contributed by atoms with Gasteiger partial charge in [-0.15, -0.1) is 0 Å². The van der Waals surface area contributed by atoms with E-state index in [0.717, 1.165) is 12.8 Å². The summed E-state index contributed by atoms with van der Waals surface area (Å²) in [5, 5.41) is 15.0. The van der Waals surface area contributed by atoms with Crippen molar-refractivity contribution in [2.45, 2.75) is 58.1 Å². The lowest BCUT2D eigenvalue weighted by Gasteiger charge is -2.30. The number of hydrogen-bond donors (Lipinski definition) is 3. The maximum Gasteiger partial charge on any atom is 0.233 e. The number of rotatable bonds is 10. The van der Waals surface area contributed by atoms with Crippen LogP contribution in [0, 0.1) is 5.41 Å². The van der Waals surface area contributed by atoms with Gasteiger partial charge in [0.05, 0.1) is 0 Å². The quantitative estimate of drug-likeness (QED) is 0.246. The minimum atomic E-state index is -0.952. The Morgan fingerprint density at radius 1 is 1.38 bits per heavy atom. The van der Waals surface area contributed by atoms with Crippen LogP contribution in [0.15, 0.2) is 5.16 Å². The predicted octanol–water partition coefficient (Wildman–Crippen LogP) is 1.59. The molecule has 0 aromatic heterocycles. The molecule has 0 bridgehead atoms. The summed E-state index contributed by atoms with van der Waals surface area (Å²) in [7, 11) is -0.903. The van der Waals surface area contributed by atoms with Gasteiger partial charge in [-0.3, -0.25) is 9.00 Å². The molecule has 0 rings (SSSR count). The molecule has 0 saturated carbocycles. The van der Waals surface area contributed by atoms with Gasteiger partial charge < -0.3 is 16.3 Å². The van der Waals surface area contributed by atoms with Crippen molar-refractivity contribution in [3.8, 4) is 0 Å². The largest absolute Gasteiger partial charge is 0.409 e. The summed E-state index contributed by atoms with van der Waals surface area (Å²) in [5.41, 5.74) is 4.84. The summed E-state index contributed by atoms with van der Waals surface area (Å²) in [6, 6.07) is 0. The maximum atomic E-state index is 12.5. The van der Waals surface area contributed by atoms with Crippen LogP contribution in [0.4, 0.5) is 0 Å². The minimum absolute atomic E-state index is 0.0286. The van der Waals surface area contributed by atoms with Gasteiger partial charge in [0.25, 0.3) is 0 Å². The first kappa shape index (κ1) is 19.9. The second-order valence-electron chi connectivity index (χ2n) is 5.42. The molecule has 4 N–H and O–H groups in total. The molecule has 0 aromatic carbocycles. The Balaban J connectivity index is 4.91. The van der Waals surface area contributed by atoms with Crippen LogP contribution >= 0.6 is 0 Å². The number of amides is 1. The Hall–Kier alpha value is -1.11. The highest BCUT2D eigenvalue weighted by Gasteiger charge is 2.41. The van der Waals surface area contributed by atoms with Crippen molar-refractivity contribution in [1.82, 2.24) is 5.32 Å². The van der Waals surface area contributed by atoms with Crippen LogP contribution in [0.5, 0.6) is 0 Å². The Labute approximate surface area is 130 Å². The van der Waals surface area contributed by atoms with Crippen molar-refractivity contribution in [2.75, 3.05) is 12.8 Å². The molecule has 0 radical (unpaired) electrons. The lowest BCUT2D eigenvalue weighted by molar-refractivity contribution is -0.128. The van der Waals surface area contributed by atoms with E-state index in [-0.39, 0.29) is 17.0 Å². The van der Waals surface area contributed by atoms with E-state index >= 15 is 0 Å². The topological polar surface area (TPSA) is 105 Å². The Bertz CT molecular complexity index is 380. The van der Waals surface area contributed by atoms with Crippen molar-refractivity contribution < 1.29 is 14.2 Å². The van der Waals surface area contributed by atoms with Crippen LogP contribution in [0.2, 0.25) is 0 Å². The molecule has 2 unspecified atom stereocenters. The molecule has 0 aromatic rings. The first-order valence-electron chi connectivity index (χ1n) is 7.44. The van der Waals surface area contributed by atoms with Crippen LogP contribution in [0.3, 0.4) is 0 Å². The van der Waals surface area contributed by atoms with Gasteiger partial charge in [0, 0.05) is 28.9 Å². The molecule has 0 fully saturated rings. The summed E-state index contributed by atoms with van der Waals surface area (Å²) in [6.07, 6.45) is 4.90. The van der Waals surface area contributed by atoms with Crippen molar-refractivity contribution >= 4 is 22.5 Å². The minimum Gasteiger partial charge on any atom is -0.409 e. The molecule has 0 aliphatic rings. The van der Waals surface area contributed by atoms with Gasteiger partial charge in [0.2, 0.25) is 5.91 Å². The van der Waals surface area contributed by atoms with Gasteiger partial charge in [-0.05, 0) is 19.3 Å². The fraction of sp³-hybridized carbons (Fsp3) is 0.857. The highest BCUT2D eigenvalue weighted by molar-refractivity contribution is 7.84. The highest BCUT2D eigenvalue weighted by atomic mass is 32.2. The molecule has 0 spiro atoms. The van der Waals surface area contributed by atoms with E-state index in [9.17, 15) is 9.00 Å². The molecule has 7 heteroatoms. The predicted molar refractivity (Wildman–Crippen MR) is 86.8 cm³/mol. The average Bonchev–Trinajstić information content (AvgIpc) is 2.45. The second-order valence-corrected chi connectivity index (χ2v) is 7.22. The van der Waals surface area contributed by atoms with E-state index in [1.165, 1.54) is 0 Å². The van der Waals surface area contributed by atoms with Crippen LogP contribution < -0.4 is 11.1 Å². The molecule has 0 saturated heterocycles. The molecule has 21 heavy (non-hydrogen) atoms. The average molecular weight is 319 g/mol. The molecule has 124 valence electrons.